The first-order valence-corrected chi connectivity index (χ1v) is 11.9. The van der Waals surface area contributed by atoms with Gasteiger partial charge >= 0.3 is 35.6 Å². The summed E-state index contributed by atoms with van der Waals surface area (Å²) in [6.45, 7) is 20.0. The van der Waals surface area contributed by atoms with Crippen LogP contribution in [-0.4, -0.2) is 15.5 Å². The molecule has 0 atom stereocenters. The third-order valence-corrected chi connectivity index (χ3v) is 9.06. The van der Waals surface area contributed by atoms with Crippen molar-refractivity contribution in [2.75, 3.05) is 0 Å². The zero-order valence-electron chi connectivity index (χ0n) is 12.7. The molecule has 0 rings (SSSR count). The molecule has 0 fully saturated rings. The van der Waals surface area contributed by atoms with E-state index in [1.165, 1.54) is 0 Å². The van der Waals surface area contributed by atoms with E-state index >= 15 is 0 Å². The maximum absolute atomic E-state index is 8.99. The SMILES string of the molecule is CC(C)(C)P(=N)(C(C)(C)C)C(C)(C)C.[Cl][Ti][Cl]. The summed E-state index contributed by atoms with van der Waals surface area (Å²) in [6, 6.07) is 0. The Labute approximate surface area is 125 Å². The predicted octanol–water partition coefficient (Wildman–Crippen LogP) is 6.54. The molecule has 1 N–H and O–H groups in total. The topological polar surface area (TPSA) is 23.9 Å². The molecule has 0 saturated carbocycles. The molecule has 104 valence electrons. The van der Waals surface area contributed by atoms with Gasteiger partial charge in [-0.15, -0.1) is 0 Å². The summed E-state index contributed by atoms with van der Waals surface area (Å²) in [4.78, 5) is 0. The standard InChI is InChI=1S/C12H28NP.2ClH.Ti/c1-10(2,3)14(13,11(4,5)6)12(7,8)9;;;/h13H,1-9H3;2*1H;/q;;;+2/p-2. The molecule has 0 bridgehead atoms. The van der Waals surface area contributed by atoms with Gasteiger partial charge in [-0.2, -0.15) is 0 Å². The van der Waals surface area contributed by atoms with Gasteiger partial charge in [0.1, 0.15) is 0 Å². The van der Waals surface area contributed by atoms with E-state index in [0.717, 1.165) is 0 Å². The maximum atomic E-state index is 8.99. The van der Waals surface area contributed by atoms with Crippen molar-refractivity contribution in [1.29, 1.82) is 5.16 Å². The second kappa shape index (κ2) is 6.80. The number of hydrogen-bond acceptors (Lipinski definition) is 1. The molecule has 0 amide bonds. The Morgan fingerprint density at radius 2 is 0.824 bits per heavy atom. The fourth-order valence-corrected chi connectivity index (χ4v) is 9.06. The van der Waals surface area contributed by atoms with Gasteiger partial charge in [0.2, 0.25) is 0 Å². The number of nitrogens with one attached hydrogen (secondary N) is 1. The van der Waals surface area contributed by atoms with Gasteiger partial charge in [0.25, 0.3) is 0 Å². The summed E-state index contributed by atoms with van der Waals surface area (Å²) >= 11 is -0.556. The van der Waals surface area contributed by atoms with E-state index in [0.29, 0.717) is 0 Å². The Balaban J connectivity index is 0. The van der Waals surface area contributed by atoms with E-state index in [1.807, 2.05) is 0 Å². The third-order valence-electron chi connectivity index (χ3n) is 3.02. The quantitative estimate of drug-likeness (QED) is 0.384. The van der Waals surface area contributed by atoms with Crippen molar-refractivity contribution in [2.24, 2.45) is 0 Å². The number of rotatable bonds is 0. The molecule has 1 nitrogen and oxygen atoms in total. The van der Waals surface area contributed by atoms with E-state index in [-0.39, 0.29) is 15.5 Å². The molecule has 0 unspecified atom stereocenters. The number of halogens is 2. The molecule has 0 radical (unpaired) electrons. The molecule has 0 aromatic heterocycles. The van der Waals surface area contributed by atoms with Crippen molar-refractivity contribution >= 4 is 25.7 Å². The van der Waals surface area contributed by atoms with Crippen LogP contribution in [0.3, 0.4) is 0 Å². The van der Waals surface area contributed by atoms with Crippen LogP contribution in [0.4, 0.5) is 0 Å². The zero-order chi connectivity index (χ0) is 14.7. The molecule has 0 heterocycles. The first-order chi connectivity index (χ1) is 7.16. The van der Waals surface area contributed by atoms with Crippen LogP contribution < -0.4 is 0 Å². The van der Waals surface area contributed by atoms with E-state index < -0.39 is 24.1 Å². The molecule has 5 heteroatoms. The van der Waals surface area contributed by atoms with Gasteiger partial charge in [-0.1, -0.05) is 62.3 Å². The molecule has 0 aliphatic carbocycles. The van der Waals surface area contributed by atoms with E-state index in [2.05, 4.69) is 62.3 Å². The predicted molar refractivity (Wildman–Crippen MR) is 80.6 cm³/mol. The van der Waals surface area contributed by atoms with Gasteiger partial charge < -0.3 is 5.16 Å². The average molecular weight is 336 g/mol. The van der Waals surface area contributed by atoms with Crippen LogP contribution in [0.15, 0.2) is 0 Å². The van der Waals surface area contributed by atoms with E-state index in [4.69, 9.17) is 23.8 Å². The monoisotopic (exact) mass is 335 g/mol. The first kappa shape index (κ1) is 20.8. The fourth-order valence-electron chi connectivity index (χ4n) is 3.02. The van der Waals surface area contributed by atoms with Crippen molar-refractivity contribution in [3.8, 4) is 0 Å². The minimum atomic E-state index is -1.77. The summed E-state index contributed by atoms with van der Waals surface area (Å²) < 4.78 is 0. The number of hydrogen-bond donors (Lipinski definition) is 1. The Morgan fingerprint density at radius 3 is 0.824 bits per heavy atom. The Bertz CT molecular complexity index is 229. The second-order valence-electron chi connectivity index (χ2n) is 7.25. The van der Waals surface area contributed by atoms with Gasteiger partial charge in [0.15, 0.2) is 0 Å². The van der Waals surface area contributed by atoms with E-state index in [9.17, 15) is 0 Å². The molecule has 0 spiro atoms. The Hall–Kier alpha value is 1.52. The molecule has 0 aromatic carbocycles. The van der Waals surface area contributed by atoms with Crippen LogP contribution in [0.5, 0.6) is 0 Å². The molecule has 0 aliphatic rings. The normalized spacial score (nSPS) is 13.8. The molecule has 17 heavy (non-hydrogen) atoms. The van der Waals surface area contributed by atoms with Gasteiger partial charge in [-0.05, 0) is 22.5 Å². The van der Waals surface area contributed by atoms with Crippen LogP contribution in [0.1, 0.15) is 62.3 Å². The average Bonchev–Trinajstić information content (AvgIpc) is 1.97. The summed E-state index contributed by atoms with van der Waals surface area (Å²) in [5, 5.41) is 9.29. The van der Waals surface area contributed by atoms with Crippen LogP contribution in [0, 0.1) is 5.16 Å². The van der Waals surface area contributed by atoms with E-state index in [1.54, 1.807) is 0 Å². The van der Waals surface area contributed by atoms with Crippen molar-refractivity contribution in [1.82, 2.24) is 0 Å². The minimum absolute atomic E-state index is 0.101. The fraction of sp³-hybridized carbons (Fsp3) is 1.00. The van der Waals surface area contributed by atoms with Crippen molar-refractivity contribution < 1.29 is 17.0 Å². The summed E-state index contributed by atoms with van der Waals surface area (Å²) in [5.41, 5.74) is 0. The summed E-state index contributed by atoms with van der Waals surface area (Å²) in [7, 11) is 8.01. The summed E-state index contributed by atoms with van der Waals surface area (Å²) in [5.74, 6) is 0. The molecule has 0 aromatic rings. The molecular formula is C12H28Cl2NPTi. The first-order valence-electron chi connectivity index (χ1n) is 5.77. The van der Waals surface area contributed by atoms with Crippen LogP contribution >= 0.6 is 25.7 Å². The van der Waals surface area contributed by atoms with Crippen LogP contribution in [0.25, 0.3) is 0 Å². The van der Waals surface area contributed by atoms with Gasteiger partial charge in [0.05, 0.1) is 0 Å². The van der Waals surface area contributed by atoms with Crippen molar-refractivity contribution in [3.05, 3.63) is 0 Å². The van der Waals surface area contributed by atoms with Crippen molar-refractivity contribution in [2.45, 2.75) is 77.8 Å². The molecule has 0 saturated heterocycles. The summed E-state index contributed by atoms with van der Waals surface area (Å²) in [6.07, 6.45) is 0. The van der Waals surface area contributed by atoms with Gasteiger partial charge in [-0.25, -0.2) is 0 Å². The molecule has 0 aliphatic heterocycles. The van der Waals surface area contributed by atoms with Gasteiger partial charge in [-0.3, -0.25) is 0 Å². The van der Waals surface area contributed by atoms with Crippen LogP contribution in [-0.2, 0) is 17.0 Å². The second-order valence-corrected chi connectivity index (χ2v) is 15.2. The Kier molecular flexibility index (Phi) is 8.34. The van der Waals surface area contributed by atoms with Crippen molar-refractivity contribution in [3.63, 3.8) is 0 Å². The van der Waals surface area contributed by atoms with Crippen LogP contribution in [0.2, 0.25) is 0 Å². The van der Waals surface area contributed by atoms with Gasteiger partial charge in [0, 0.05) is 0 Å². The third kappa shape index (κ3) is 5.19. The zero-order valence-corrected chi connectivity index (χ0v) is 16.7. The molecular weight excluding hydrogens is 308 g/mol. The Morgan fingerprint density at radius 1 is 0.706 bits per heavy atom.